The summed E-state index contributed by atoms with van der Waals surface area (Å²) in [6.45, 7) is 8.77. The van der Waals surface area contributed by atoms with Gasteiger partial charge in [0.05, 0.1) is 6.54 Å². The van der Waals surface area contributed by atoms with Gasteiger partial charge in [0.15, 0.2) is 0 Å². The number of halogens is 1. The number of amides is 1. The van der Waals surface area contributed by atoms with E-state index in [9.17, 15) is 4.79 Å². The van der Waals surface area contributed by atoms with Gasteiger partial charge in [0.2, 0.25) is 5.91 Å². The molecule has 1 aromatic rings. The molecule has 1 aliphatic heterocycles. The van der Waals surface area contributed by atoms with Crippen molar-refractivity contribution in [3.63, 3.8) is 0 Å². The summed E-state index contributed by atoms with van der Waals surface area (Å²) in [5, 5.41) is 6.32. The van der Waals surface area contributed by atoms with E-state index in [2.05, 4.69) is 41.5 Å². The van der Waals surface area contributed by atoms with Crippen molar-refractivity contribution in [2.24, 2.45) is 0 Å². The van der Waals surface area contributed by atoms with Crippen LogP contribution in [-0.4, -0.2) is 43.5 Å². The average molecular weight is 312 g/mol. The maximum atomic E-state index is 12.0. The molecule has 4 nitrogen and oxygen atoms in total. The van der Waals surface area contributed by atoms with E-state index >= 15 is 0 Å². The standard InChI is InChI=1S/C16H25N3O.ClH/c1-13(2)14-4-6-15(7-5-14)18-16(20)12-19-10-3-8-17-9-11-19;/h4-7,13,17H,3,8-12H2,1-2H3,(H,18,20);1H. The van der Waals surface area contributed by atoms with E-state index in [1.807, 2.05) is 12.1 Å². The zero-order valence-corrected chi connectivity index (χ0v) is 13.7. The fraction of sp³-hybridized carbons (Fsp3) is 0.562. The van der Waals surface area contributed by atoms with Gasteiger partial charge in [-0.2, -0.15) is 0 Å². The van der Waals surface area contributed by atoms with Crippen LogP contribution in [0.1, 0.15) is 31.7 Å². The molecule has 2 rings (SSSR count). The van der Waals surface area contributed by atoms with E-state index in [-0.39, 0.29) is 18.3 Å². The Balaban J connectivity index is 0.00000220. The van der Waals surface area contributed by atoms with Crippen molar-refractivity contribution in [1.82, 2.24) is 10.2 Å². The minimum atomic E-state index is 0. The number of nitrogens with one attached hydrogen (secondary N) is 2. The van der Waals surface area contributed by atoms with Crippen LogP contribution in [0.4, 0.5) is 5.69 Å². The number of nitrogens with zero attached hydrogens (tertiary/aromatic N) is 1. The molecule has 0 aliphatic carbocycles. The summed E-state index contributed by atoms with van der Waals surface area (Å²) < 4.78 is 0. The first-order chi connectivity index (χ1) is 9.65. The van der Waals surface area contributed by atoms with Crippen LogP contribution < -0.4 is 10.6 Å². The predicted octanol–water partition coefficient (Wildman–Crippen LogP) is 2.47. The molecule has 2 N–H and O–H groups in total. The van der Waals surface area contributed by atoms with Gasteiger partial charge in [0.1, 0.15) is 0 Å². The Kier molecular flexibility index (Phi) is 7.72. The Hall–Kier alpha value is -1.10. The van der Waals surface area contributed by atoms with Crippen LogP contribution in [0, 0.1) is 0 Å². The smallest absolute Gasteiger partial charge is 0.238 e. The van der Waals surface area contributed by atoms with Gasteiger partial charge in [0, 0.05) is 18.8 Å². The van der Waals surface area contributed by atoms with Gasteiger partial charge in [-0.1, -0.05) is 26.0 Å². The highest BCUT2D eigenvalue weighted by Crippen LogP contribution is 2.17. The molecule has 21 heavy (non-hydrogen) atoms. The second-order valence-electron chi connectivity index (χ2n) is 5.70. The van der Waals surface area contributed by atoms with E-state index < -0.39 is 0 Å². The first-order valence-corrected chi connectivity index (χ1v) is 7.48. The molecule has 1 fully saturated rings. The first kappa shape index (κ1) is 18.0. The minimum Gasteiger partial charge on any atom is -0.325 e. The third-order valence-corrected chi connectivity index (χ3v) is 3.66. The largest absolute Gasteiger partial charge is 0.325 e. The minimum absolute atomic E-state index is 0. The lowest BCUT2D eigenvalue weighted by molar-refractivity contribution is -0.117. The molecular formula is C16H26ClN3O. The SMILES string of the molecule is CC(C)c1ccc(NC(=O)CN2CCCNCC2)cc1.Cl. The summed E-state index contributed by atoms with van der Waals surface area (Å²) in [7, 11) is 0. The number of hydrogen-bond acceptors (Lipinski definition) is 3. The van der Waals surface area contributed by atoms with Crippen molar-refractivity contribution in [2.45, 2.75) is 26.2 Å². The van der Waals surface area contributed by atoms with Gasteiger partial charge < -0.3 is 10.6 Å². The normalized spacial score (nSPS) is 16.1. The van der Waals surface area contributed by atoms with Crippen LogP contribution in [-0.2, 0) is 4.79 Å². The Morgan fingerprint density at radius 1 is 1.24 bits per heavy atom. The van der Waals surface area contributed by atoms with Crippen LogP contribution in [0.15, 0.2) is 24.3 Å². The fourth-order valence-electron chi connectivity index (χ4n) is 2.41. The lowest BCUT2D eigenvalue weighted by atomic mass is 10.0. The summed E-state index contributed by atoms with van der Waals surface area (Å²) in [6, 6.07) is 8.13. The molecule has 1 amide bonds. The quantitative estimate of drug-likeness (QED) is 0.898. The van der Waals surface area contributed by atoms with E-state index in [0.29, 0.717) is 12.5 Å². The molecule has 1 aliphatic rings. The number of carbonyl (C=O) groups excluding carboxylic acids is 1. The van der Waals surface area contributed by atoms with Crippen LogP contribution in [0.3, 0.4) is 0 Å². The van der Waals surface area contributed by atoms with Crippen LogP contribution in [0.2, 0.25) is 0 Å². The molecule has 5 heteroatoms. The third kappa shape index (κ3) is 6.04. The van der Waals surface area contributed by atoms with Crippen LogP contribution in [0.25, 0.3) is 0 Å². The zero-order valence-electron chi connectivity index (χ0n) is 12.9. The van der Waals surface area contributed by atoms with E-state index in [1.165, 1.54) is 5.56 Å². The van der Waals surface area contributed by atoms with Gasteiger partial charge in [-0.25, -0.2) is 0 Å². The monoisotopic (exact) mass is 311 g/mol. The van der Waals surface area contributed by atoms with Crippen molar-refractivity contribution in [2.75, 3.05) is 38.0 Å². The molecule has 0 saturated carbocycles. The lowest BCUT2D eigenvalue weighted by Crippen LogP contribution is -2.35. The Morgan fingerprint density at radius 2 is 1.95 bits per heavy atom. The maximum Gasteiger partial charge on any atom is 0.238 e. The topological polar surface area (TPSA) is 44.4 Å². The van der Waals surface area contributed by atoms with Crippen molar-refractivity contribution in [1.29, 1.82) is 0 Å². The van der Waals surface area contributed by atoms with Crippen molar-refractivity contribution >= 4 is 24.0 Å². The number of benzene rings is 1. The lowest BCUT2D eigenvalue weighted by Gasteiger charge is -2.18. The van der Waals surface area contributed by atoms with Gasteiger partial charge >= 0.3 is 0 Å². The fourth-order valence-corrected chi connectivity index (χ4v) is 2.41. The third-order valence-electron chi connectivity index (χ3n) is 3.66. The van der Waals surface area contributed by atoms with E-state index in [4.69, 9.17) is 0 Å². The number of carbonyl (C=O) groups is 1. The van der Waals surface area contributed by atoms with Gasteiger partial charge in [-0.15, -0.1) is 12.4 Å². The second-order valence-corrected chi connectivity index (χ2v) is 5.70. The van der Waals surface area contributed by atoms with Crippen LogP contribution in [0.5, 0.6) is 0 Å². The van der Waals surface area contributed by atoms with Crippen LogP contribution >= 0.6 is 12.4 Å². The van der Waals surface area contributed by atoms with Gasteiger partial charge in [-0.3, -0.25) is 9.69 Å². The first-order valence-electron chi connectivity index (χ1n) is 7.48. The number of hydrogen-bond donors (Lipinski definition) is 2. The van der Waals surface area contributed by atoms with E-state index in [1.54, 1.807) is 0 Å². The summed E-state index contributed by atoms with van der Waals surface area (Å²) >= 11 is 0. The van der Waals surface area contributed by atoms with E-state index in [0.717, 1.165) is 38.3 Å². The highest BCUT2D eigenvalue weighted by atomic mass is 35.5. The highest BCUT2D eigenvalue weighted by molar-refractivity contribution is 5.92. The molecule has 0 spiro atoms. The summed E-state index contributed by atoms with van der Waals surface area (Å²) in [4.78, 5) is 14.2. The Bertz CT molecular complexity index is 426. The molecular weight excluding hydrogens is 286 g/mol. The summed E-state index contributed by atoms with van der Waals surface area (Å²) in [6.07, 6.45) is 1.11. The summed E-state index contributed by atoms with van der Waals surface area (Å²) in [5.41, 5.74) is 2.17. The molecule has 1 saturated heterocycles. The number of anilines is 1. The molecule has 1 heterocycles. The van der Waals surface area contributed by atoms with Crippen molar-refractivity contribution in [3.05, 3.63) is 29.8 Å². The molecule has 1 aromatic carbocycles. The molecule has 118 valence electrons. The Labute approximate surface area is 133 Å². The second kappa shape index (κ2) is 9.03. The maximum absolute atomic E-state index is 12.0. The molecule has 0 atom stereocenters. The molecule has 0 radical (unpaired) electrons. The average Bonchev–Trinajstić information content (AvgIpc) is 2.68. The zero-order chi connectivity index (χ0) is 14.4. The Morgan fingerprint density at radius 3 is 2.62 bits per heavy atom. The summed E-state index contributed by atoms with van der Waals surface area (Å²) in [5.74, 6) is 0.591. The molecule has 0 unspecified atom stereocenters. The molecule has 0 aromatic heterocycles. The van der Waals surface area contributed by atoms with Crippen molar-refractivity contribution in [3.8, 4) is 0 Å². The number of rotatable bonds is 4. The molecule has 0 bridgehead atoms. The van der Waals surface area contributed by atoms with Crippen molar-refractivity contribution < 1.29 is 4.79 Å². The van der Waals surface area contributed by atoms with Gasteiger partial charge in [0.25, 0.3) is 0 Å². The predicted molar refractivity (Wildman–Crippen MR) is 90.3 cm³/mol. The highest BCUT2D eigenvalue weighted by Gasteiger charge is 2.12. The van der Waals surface area contributed by atoms with Gasteiger partial charge in [-0.05, 0) is 43.1 Å².